The maximum absolute atomic E-state index is 6.44. The van der Waals surface area contributed by atoms with Crippen molar-refractivity contribution in [2.24, 2.45) is 29.6 Å². The molecule has 0 radical (unpaired) electrons. The highest BCUT2D eigenvalue weighted by Crippen LogP contribution is 2.43. The van der Waals surface area contributed by atoms with E-state index in [2.05, 4.69) is 10.6 Å². The molecular formula is C17H28Cl2N2O. The van der Waals surface area contributed by atoms with Crippen molar-refractivity contribution in [3.05, 3.63) is 0 Å². The molecule has 4 aliphatic rings. The maximum Gasteiger partial charge on any atom is 0.0604 e. The molecule has 4 rings (SSSR count). The van der Waals surface area contributed by atoms with Gasteiger partial charge in [-0.2, -0.15) is 0 Å². The van der Waals surface area contributed by atoms with E-state index in [0.717, 1.165) is 68.7 Å². The van der Waals surface area contributed by atoms with E-state index in [1.54, 1.807) is 0 Å². The summed E-state index contributed by atoms with van der Waals surface area (Å²) in [6.45, 7) is 4.24. The number of halogens is 2. The summed E-state index contributed by atoms with van der Waals surface area (Å²) in [7, 11) is 0. The SMILES string of the molecule is ClC1CCC(C2CNC3NCC(C4CCOC4)C3C2)CC1Cl. The zero-order valence-electron chi connectivity index (χ0n) is 13.1. The lowest BCUT2D eigenvalue weighted by molar-refractivity contribution is 0.107. The fourth-order valence-corrected chi connectivity index (χ4v) is 5.95. The number of ether oxygens (including phenoxy) is 1. The molecule has 126 valence electrons. The van der Waals surface area contributed by atoms with E-state index in [-0.39, 0.29) is 10.8 Å². The predicted octanol–water partition coefficient (Wildman–Crippen LogP) is 2.81. The fourth-order valence-electron chi connectivity index (χ4n) is 5.36. The van der Waals surface area contributed by atoms with E-state index in [4.69, 9.17) is 27.9 Å². The van der Waals surface area contributed by atoms with E-state index in [1.165, 1.54) is 19.3 Å². The van der Waals surface area contributed by atoms with Crippen LogP contribution in [-0.4, -0.2) is 43.2 Å². The zero-order chi connectivity index (χ0) is 15.1. The highest BCUT2D eigenvalue weighted by molar-refractivity contribution is 6.30. The van der Waals surface area contributed by atoms with E-state index >= 15 is 0 Å². The molecule has 1 saturated carbocycles. The van der Waals surface area contributed by atoms with Gasteiger partial charge in [-0.15, -0.1) is 23.2 Å². The Labute approximate surface area is 143 Å². The van der Waals surface area contributed by atoms with Crippen molar-refractivity contribution in [2.75, 3.05) is 26.3 Å². The minimum Gasteiger partial charge on any atom is -0.381 e. The molecule has 22 heavy (non-hydrogen) atoms. The average molecular weight is 347 g/mol. The molecule has 8 unspecified atom stereocenters. The lowest BCUT2D eigenvalue weighted by Crippen LogP contribution is -2.51. The van der Waals surface area contributed by atoms with Crippen molar-refractivity contribution < 1.29 is 4.74 Å². The van der Waals surface area contributed by atoms with Gasteiger partial charge in [-0.05, 0) is 68.2 Å². The lowest BCUT2D eigenvalue weighted by Gasteiger charge is -2.42. The Morgan fingerprint density at radius 3 is 2.41 bits per heavy atom. The van der Waals surface area contributed by atoms with Gasteiger partial charge in [0.15, 0.2) is 0 Å². The molecule has 3 saturated heterocycles. The lowest BCUT2D eigenvalue weighted by atomic mass is 9.70. The number of rotatable bonds is 2. The van der Waals surface area contributed by atoms with Crippen molar-refractivity contribution in [2.45, 2.75) is 49.0 Å². The van der Waals surface area contributed by atoms with Gasteiger partial charge in [-0.25, -0.2) is 0 Å². The Morgan fingerprint density at radius 2 is 1.64 bits per heavy atom. The number of fused-ring (bicyclic) bond motifs is 1. The van der Waals surface area contributed by atoms with E-state index < -0.39 is 0 Å². The van der Waals surface area contributed by atoms with Crippen molar-refractivity contribution in [1.82, 2.24) is 10.6 Å². The second-order valence-corrected chi connectivity index (χ2v) is 8.97. The average Bonchev–Trinajstić information content (AvgIpc) is 3.17. The van der Waals surface area contributed by atoms with Crippen molar-refractivity contribution in [1.29, 1.82) is 0 Å². The summed E-state index contributed by atoms with van der Waals surface area (Å²) >= 11 is 12.7. The molecule has 0 aromatic carbocycles. The Bertz CT molecular complexity index is 391. The quantitative estimate of drug-likeness (QED) is 0.754. The molecule has 0 amide bonds. The predicted molar refractivity (Wildman–Crippen MR) is 90.4 cm³/mol. The molecule has 3 aliphatic heterocycles. The van der Waals surface area contributed by atoms with Gasteiger partial charge in [0.2, 0.25) is 0 Å². The number of alkyl halides is 2. The van der Waals surface area contributed by atoms with Gasteiger partial charge < -0.3 is 15.4 Å². The van der Waals surface area contributed by atoms with Crippen LogP contribution in [0.15, 0.2) is 0 Å². The number of hydrogen-bond acceptors (Lipinski definition) is 3. The number of hydrogen-bond donors (Lipinski definition) is 2. The van der Waals surface area contributed by atoms with E-state index in [1.807, 2.05) is 0 Å². The van der Waals surface area contributed by atoms with Gasteiger partial charge in [0.1, 0.15) is 0 Å². The first-order valence-corrected chi connectivity index (χ1v) is 9.92. The Kier molecular flexibility index (Phi) is 4.90. The van der Waals surface area contributed by atoms with Gasteiger partial charge in [0.25, 0.3) is 0 Å². The van der Waals surface area contributed by atoms with Gasteiger partial charge in [-0.3, -0.25) is 0 Å². The molecule has 0 bridgehead atoms. The van der Waals surface area contributed by atoms with Crippen LogP contribution in [0.25, 0.3) is 0 Å². The molecule has 3 heterocycles. The van der Waals surface area contributed by atoms with Crippen molar-refractivity contribution in [3.63, 3.8) is 0 Å². The number of nitrogens with one attached hydrogen (secondary N) is 2. The third-order valence-electron chi connectivity index (χ3n) is 6.70. The Balaban J connectivity index is 1.40. The second kappa shape index (κ2) is 6.76. The normalized spacial score (nSPS) is 52.6. The molecule has 1 aliphatic carbocycles. The molecule has 2 N–H and O–H groups in total. The first kappa shape index (κ1) is 16.0. The van der Waals surface area contributed by atoms with Gasteiger partial charge in [0, 0.05) is 25.1 Å². The topological polar surface area (TPSA) is 33.3 Å². The summed E-state index contributed by atoms with van der Waals surface area (Å²) in [5, 5.41) is 7.84. The van der Waals surface area contributed by atoms with Crippen LogP contribution in [-0.2, 0) is 4.74 Å². The third-order valence-corrected chi connectivity index (χ3v) is 7.83. The summed E-state index contributed by atoms with van der Waals surface area (Å²) in [4.78, 5) is 0. The summed E-state index contributed by atoms with van der Waals surface area (Å²) < 4.78 is 5.64. The van der Waals surface area contributed by atoms with Crippen LogP contribution in [0.1, 0.15) is 32.1 Å². The Hall–Kier alpha value is 0.460. The summed E-state index contributed by atoms with van der Waals surface area (Å²) in [6.07, 6.45) is 6.57. The standard InChI is InChI=1S/C17H28Cl2N2O/c18-15-2-1-10(6-16(15)19)12-5-13-14(11-3-4-22-9-11)8-21-17(13)20-7-12/h10-17,20-21H,1-9H2. The molecule has 4 fully saturated rings. The smallest absolute Gasteiger partial charge is 0.0604 e. The monoisotopic (exact) mass is 346 g/mol. The summed E-state index contributed by atoms with van der Waals surface area (Å²) in [5.41, 5.74) is 0. The second-order valence-electron chi connectivity index (χ2n) is 7.85. The third kappa shape index (κ3) is 3.04. The van der Waals surface area contributed by atoms with Crippen LogP contribution in [0, 0.1) is 29.6 Å². The molecule has 3 nitrogen and oxygen atoms in total. The first-order chi connectivity index (χ1) is 10.7. The van der Waals surface area contributed by atoms with Gasteiger partial charge in [0.05, 0.1) is 11.5 Å². The highest BCUT2D eigenvalue weighted by Gasteiger charge is 2.46. The largest absolute Gasteiger partial charge is 0.381 e. The molecule has 5 heteroatoms. The molecule has 8 atom stereocenters. The van der Waals surface area contributed by atoms with Crippen LogP contribution in [0.3, 0.4) is 0 Å². The number of piperidine rings is 1. The van der Waals surface area contributed by atoms with Gasteiger partial charge >= 0.3 is 0 Å². The highest BCUT2D eigenvalue weighted by atomic mass is 35.5. The van der Waals surface area contributed by atoms with Crippen LogP contribution in [0.5, 0.6) is 0 Å². The maximum atomic E-state index is 6.44. The van der Waals surface area contributed by atoms with Gasteiger partial charge in [-0.1, -0.05) is 0 Å². The minimum absolute atomic E-state index is 0.166. The summed E-state index contributed by atoms with van der Waals surface area (Å²) in [6, 6.07) is 0. The molecule has 0 aromatic heterocycles. The Morgan fingerprint density at radius 1 is 0.773 bits per heavy atom. The van der Waals surface area contributed by atoms with Crippen molar-refractivity contribution >= 4 is 23.2 Å². The van der Waals surface area contributed by atoms with Crippen LogP contribution >= 0.6 is 23.2 Å². The fraction of sp³-hybridized carbons (Fsp3) is 1.00. The first-order valence-electron chi connectivity index (χ1n) is 9.05. The van der Waals surface area contributed by atoms with E-state index in [0.29, 0.717) is 6.17 Å². The zero-order valence-corrected chi connectivity index (χ0v) is 14.7. The molecule has 0 aromatic rings. The molecular weight excluding hydrogens is 319 g/mol. The summed E-state index contributed by atoms with van der Waals surface area (Å²) in [5.74, 6) is 3.86. The van der Waals surface area contributed by atoms with E-state index in [9.17, 15) is 0 Å². The van der Waals surface area contributed by atoms with Crippen LogP contribution in [0.4, 0.5) is 0 Å². The van der Waals surface area contributed by atoms with Crippen LogP contribution < -0.4 is 10.6 Å². The van der Waals surface area contributed by atoms with Crippen LogP contribution in [0.2, 0.25) is 0 Å². The molecule has 0 spiro atoms. The van der Waals surface area contributed by atoms with Crippen molar-refractivity contribution in [3.8, 4) is 0 Å². The minimum atomic E-state index is 0.166.